The number of fused-ring (bicyclic) bond motifs is 1. The Balaban J connectivity index is 0.00000196. The van der Waals surface area contributed by atoms with Crippen LogP contribution in [-0.4, -0.2) is 45.0 Å². The second-order valence-electron chi connectivity index (χ2n) is 7.15. The summed E-state index contributed by atoms with van der Waals surface area (Å²) in [5, 5.41) is 9.83. The molecule has 2 aromatic carbocycles. The van der Waals surface area contributed by atoms with Crippen LogP contribution in [-0.2, 0) is 4.74 Å². The van der Waals surface area contributed by atoms with Gasteiger partial charge in [0.15, 0.2) is 0 Å². The van der Waals surface area contributed by atoms with Gasteiger partial charge in [0.1, 0.15) is 12.4 Å². The van der Waals surface area contributed by atoms with Crippen molar-refractivity contribution in [2.45, 2.75) is 31.3 Å². The number of halogens is 1. The number of morpholine rings is 1. The lowest BCUT2D eigenvalue weighted by Crippen LogP contribution is -2.51. The van der Waals surface area contributed by atoms with Crippen LogP contribution in [0.3, 0.4) is 0 Å². The average Bonchev–Trinajstić information content (AvgIpc) is 3.14. The molecule has 142 valence electrons. The summed E-state index contributed by atoms with van der Waals surface area (Å²) in [7, 11) is 0. The van der Waals surface area contributed by atoms with Crippen molar-refractivity contribution >= 4 is 23.2 Å². The molecule has 3 atom stereocenters. The summed E-state index contributed by atoms with van der Waals surface area (Å²) in [5.74, 6) is 1.63. The molecule has 26 heavy (non-hydrogen) atoms. The fourth-order valence-electron chi connectivity index (χ4n) is 4.25. The molecule has 0 aromatic heterocycles. The molecular weight excluding hydrogens is 348 g/mol. The molecule has 2 aromatic rings. The van der Waals surface area contributed by atoms with E-state index in [0.717, 1.165) is 32.1 Å². The maximum absolute atomic E-state index is 5.95. The molecule has 1 aliphatic heterocycles. The van der Waals surface area contributed by atoms with Gasteiger partial charge >= 0.3 is 0 Å². The van der Waals surface area contributed by atoms with Crippen LogP contribution < -0.4 is 15.4 Å². The summed E-state index contributed by atoms with van der Waals surface area (Å²) < 4.78 is 11.6. The summed E-state index contributed by atoms with van der Waals surface area (Å²) in [4.78, 5) is 0. The highest BCUT2D eigenvalue weighted by Gasteiger charge is 2.34. The van der Waals surface area contributed by atoms with Crippen LogP contribution in [0.25, 0.3) is 10.8 Å². The van der Waals surface area contributed by atoms with Crippen LogP contribution in [0.4, 0.5) is 0 Å². The molecule has 0 bridgehead atoms. The molecule has 1 saturated carbocycles. The highest BCUT2D eigenvalue weighted by atomic mass is 35.5. The number of ether oxygens (including phenoxy) is 2. The lowest BCUT2D eigenvalue weighted by molar-refractivity contribution is 0.0523. The Hall–Kier alpha value is -1.33. The van der Waals surface area contributed by atoms with Crippen molar-refractivity contribution in [1.29, 1.82) is 0 Å². The molecule has 2 fully saturated rings. The van der Waals surface area contributed by atoms with Gasteiger partial charge in [-0.25, -0.2) is 0 Å². The Labute approximate surface area is 162 Å². The van der Waals surface area contributed by atoms with Gasteiger partial charge in [0.25, 0.3) is 0 Å². The van der Waals surface area contributed by atoms with Crippen LogP contribution in [0.2, 0.25) is 0 Å². The zero-order valence-electron chi connectivity index (χ0n) is 15.2. The minimum atomic E-state index is 0. The normalized spacial score (nSPS) is 25.8. The molecule has 5 heteroatoms. The monoisotopic (exact) mass is 376 g/mol. The van der Waals surface area contributed by atoms with Crippen molar-refractivity contribution in [1.82, 2.24) is 10.6 Å². The van der Waals surface area contributed by atoms with Crippen LogP contribution in [0.1, 0.15) is 19.3 Å². The fraction of sp³-hybridized carbons (Fsp3) is 0.524. The largest absolute Gasteiger partial charge is 0.492 e. The standard InChI is InChI=1S/C21H28N2O2.ClH/c1-2-5-17-14-18(9-8-16(17)4-1)25-13-11-22-20-7-3-6-19(20)21-15-24-12-10-23-21;/h1-2,4-5,8-9,14,19-23H,3,6-7,10-13,15H2;1H. The number of benzene rings is 2. The first kappa shape index (κ1) is 19.4. The highest BCUT2D eigenvalue weighted by Crippen LogP contribution is 2.29. The maximum atomic E-state index is 5.95. The summed E-state index contributed by atoms with van der Waals surface area (Å²) in [6, 6.07) is 15.8. The van der Waals surface area contributed by atoms with Gasteiger partial charge in [-0.2, -0.15) is 0 Å². The van der Waals surface area contributed by atoms with Crippen LogP contribution in [0.5, 0.6) is 5.75 Å². The molecule has 3 unspecified atom stereocenters. The molecule has 2 N–H and O–H groups in total. The molecule has 1 aliphatic carbocycles. The minimum absolute atomic E-state index is 0. The first-order valence-electron chi connectivity index (χ1n) is 9.56. The number of nitrogens with one attached hydrogen (secondary N) is 2. The van der Waals surface area contributed by atoms with Crippen molar-refractivity contribution in [3.8, 4) is 5.75 Å². The van der Waals surface area contributed by atoms with Gasteiger partial charge in [0.2, 0.25) is 0 Å². The summed E-state index contributed by atoms with van der Waals surface area (Å²) in [5.41, 5.74) is 0. The van der Waals surface area contributed by atoms with E-state index in [2.05, 4.69) is 53.1 Å². The highest BCUT2D eigenvalue weighted by molar-refractivity contribution is 5.85. The van der Waals surface area contributed by atoms with Crippen LogP contribution >= 0.6 is 12.4 Å². The van der Waals surface area contributed by atoms with E-state index in [1.807, 2.05) is 0 Å². The van der Waals surface area contributed by atoms with Gasteiger partial charge in [-0.3, -0.25) is 0 Å². The number of rotatable bonds is 6. The number of hydrogen-bond acceptors (Lipinski definition) is 4. The topological polar surface area (TPSA) is 42.5 Å². The Kier molecular flexibility index (Phi) is 7.15. The van der Waals surface area contributed by atoms with E-state index >= 15 is 0 Å². The van der Waals surface area contributed by atoms with Crippen molar-refractivity contribution in [3.63, 3.8) is 0 Å². The predicted molar refractivity (Wildman–Crippen MR) is 108 cm³/mol. The van der Waals surface area contributed by atoms with E-state index in [1.165, 1.54) is 30.0 Å². The molecule has 0 radical (unpaired) electrons. The van der Waals surface area contributed by atoms with Gasteiger partial charge in [-0.1, -0.05) is 36.8 Å². The lowest BCUT2D eigenvalue weighted by atomic mass is 9.94. The van der Waals surface area contributed by atoms with Gasteiger partial charge in [0.05, 0.1) is 13.2 Å². The summed E-state index contributed by atoms with van der Waals surface area (Å²) in [6.07, 6.45) is 3.87. The average molecular weight is 377 g/mol. The molecular formula is C21H29ClN2O2. The molecule has 0 spiro atoms. The molecule has 1 heterocycles. The van der Waals surface area contributed by atoms with Crippen molar-refractivity contribution in [2.75, 3.05) is 32.9 Å². The quantitative estimate of drug-likeness (QED) is 0.758. The van der Waals surface area contributed by atoms with E-state index in [9.17, 15) is 0 Å². The third-order valence-corrected chi connectivity index (χ3v) is 5.53. The molecule has 2 aliphatic rings. The Morgan fingerprint density at radius 2 is 2.00 bits per heavy atom. The van der Waals surface area contributed by atoms with E-state index in [0.29, 0.717) is 24.6 Å². The van der Waals surface area contributed by atoms with E-state index in [-0.39, 0.29) is 12.4 Å². The van der Waals surface area contributed by atoms with Crippen molar-refractivity contribution in [2.24, 2.45) is 5.92 Å². The third-order valence-electron chi connectivity index (χ3n) is 5.53. The lowest BCUT2D eigenvalue weighted by Gasteiger charge is -2.33. The molecule has 1 saturated heterocycles. The van der Waals surface area contributed by atoms with E-state index in [4.69, 9.17) is 9.47 Å². The van der Waals surface area contributed by atoms with Crippen LogP contribution in [0.15, 0.2) is 42.5 Å². The molecule has 0 amide bonds. The van der Waals surface area contributed by atoms with Gasteiger partial charge in [0, 0.05) is 25.2 Å². The van der Waals surface area contributed by atoms with Gasteiger partial charge in [-0.15, -0.1) is 12.4 Å². The summed E-state index contributed by atoms with van der Waals surface area (Å²) >= 11 is 0. The molecule has 4 nitrogen and oxygen atoms in total. The van der Waals surface area contributed by atoms with Crippen molar-refractivity contribution in [3.05, 3.63) is 42.5 Å². The SMILES string of the molecule is Cl.c1ccc2cc(OCCNC3CCCC3C3COCCN3)ccc2c1. The van der Waals surface area contributed by atoms with Crippen LogP contribution in [0, 0.1) is 5.92 Å². The first-order valence-corrected chi connectivity index (χ1v) is 9.56. The second kappa shape index (κ2) is 9.56. The smallest absolute Gasteiger partial charge is 0.120 e. The predicted octanol–water partition coefficient (Wildman–Crippen LogP) is 3.39. The maximum Gasteiger partial charge on any atom is 0.120 e. The Bertz CT molecular complexity index is 691. The zero-order valence-corrected chi connectivity index (χ0v) is 16.0. The molecule has 4 rings (SSSR count). The third kappa shape index (κ3) is 4.68. The van der Waals surface area contributed by atoms with Gasteiger partial charge in [-0.05, 0) is 41.7 Å². The fourth-order valence-corrected chi connectivity index (χ4v) is 4.25. The second-order valence-corrected chi connectivity index (χ2v) is 7.15. The zero-order chi connectivity index (χ0) is 16.9. The first-order chi connectivity index (χ1) is 12.4. The van der Waals surface area contributed by atoms with E-state index in [1.54, 1.807) is 0 Å². The Morgan fingerprint density at radius 3 is 2.85 bits per heavy atom. The summed E-state index contributed by atoms with van der Waals surface area (Å²) in [6.45, 7) is 4.29. The van der Waals surface area contributed by atoms with E-state index < -0.39 is 0 Å². The Morgan fingerprint density at radius 1 is 1.12 bits per heavy atom. The number of hydrogen-bond donors (Lipinski definition) is 2. The minimum Gasteiger partial charge on any atom is -0.492 e. The van der Waals surface area contributed by atoms with Gasteiger partial charge < -0.3 is 20.1 Å². The van der Waals surface area contributed by atoms with Crippen molar-refractivity contribution < 1.29 is 9.47 Å².